The van der Waals surface area contributed by atoms with Crippen LogP contribution in [0, 0.1) is 0 Å². The van der Waals surface area contributed by atoms with Crippen molar-refractivity contribution in [3.05, 3.63) is 59.7 Å². The first kappa shape index (κ1) is 16.3. The Morgan fingerprint density at radius 2 is 1.50 bits per heavy atom. The number of amides is 2. The molecule has 124 valence electrons. The number of nitrogens with zero attached hydrogens (tertiary/aromatic N) is 3. The zero-order chi connectivity index (χ0) is 16.8. The third kappa shape index (κ3) is 3.67. The lowest BCUT2D eigenvalue weighted by atomic mass is 10.1. The number of hydrogen-bond donors (Lipinski definition) is 0. The predicted molar refractivity (Wildman–Crippen MR) is 90.6 cm³/mol. The molecule has 0 fully saturated rings. The van der Waals surface area contributed by atoms with Gasteiger partial charge in [0.15, 0.2) is 0 Å². The van der Waals surface area contributed by atoms with Crippen LogP contribution >= 0.6 is 0 Å². The Morgan fingerprint density at radius 1 is 0.833 bits per heavy atom. The van der Waals surface area contributed by atoms with Crippen LogP contribution in [-0.2, 0) is 6.42 Å². The quantitative estimate of drug-likeness (QED) is 0.552. The molecule has 2 amide bonds. The van der Waals surface area contributed by atoms with Gasteiger partial charge in [0, 0.05) is 18.4 Å². The molecule has 1 aromatic carbocycles. The van der Waals surface area contributed by atoms with Gasteiger partial charge in [-0.25, -0.2) is 9.97 Å². The maximum atomic E-state index is 12.2. The second-order valence-corrected chi connectivity index (χ2v) is 6.03. The zero-order valence-electron chi connectivity index (χ0n) is 13.6. The van der Waals surface area contributed by atoms with Crippen molar-refractivity contribution in [2.45, 2.75) is 38.5 Å². The predicted octanol–water partition coefficient (Wildman–Crippen LogP) is 3.27. The minimum Gasteiger partial charge on any atom is -0.274 e. The lowest BCUT2D eigenvalue weighted by molar-refractivity contribution is 0.0651. The highest BCUT2D eigenvalue weighted by Crippen LogP contribution is 2.22. The summed E-state index contributed by atoms with van der Waals surface area (Å²) in [5, 5.41) is 0. The number of rotatable bonds is 8. The fourth-order valence-electron chi connectivity index (χ4n) is 3.01. The van der Waals surface area contributed by atoms with Crippen LogP contribution in [0.1, 0.15) is 58.5 Å². The largest absolute Gasteiger partial charge is 0.274 e. The number of carbonyl (C=O) groups excluding carboxylic acids is 2. The van der Waals surface area contributed by atoms with Crippen molar-refractivity contribution >= 4 is 11.8 Å². The summed E-state index contributed by atoms with van der Waals surface area (Å²) >= 11 is 0. The van der Waals surface area contributed by atoms with E-state index in [1.807, 2.05) is 6.07 Å². The van der Waals surface area contributed by atoms with Crippen LogP contribution in [0.2, 0.25) is 0 Å². The lowest BCUT2D eigenvalue weighted by Crippen LogP contribution is -2.30. The molecule has 5 heteroatoms. The molecule has 0 saturated heterocycles. The van der Waals surface area contributed by atoms with Crippen LogP contribution in [0.25, 0.3) is 0 Å². The van der Waals surface area contributed by atoms with Crippen molar-refractivity contribution in [3.8, 4) is 0 Å². The number of aromatic nitrogens is 2. The number of unbranched alkanes of at least 4 members (excludes halogenated alkanes) is 4. The molecule has 0 aliphatic carbocycles. The number of benzene rings is 1. The fraction of sp³-hybridized carbons (Fsp3) is 0.368. The van der Waals surface area contributed by atoms with Gasteiger partial charge in [-0.2, -0.15) is 0 Å². The third-order valence-corrected chi connectivity index (χ3v) is 4.34. The van der Waals surface area contributed by atoms with Crippen molar-refractivity contribution in [1.29, 1.82) is 0 Å². The van der Waals surface area contributed by atoms with Crippen molar-refractivity contribution in [1.82, 2.24) is 14.9 Å². The normalized spacial score (nSPS) is 13.4. The molecule has 0 bridgehead atoms. The van der Waals surface area contributed by atoms with E-state index in [1.54, 1.807) is 36.8 Å². The smallest absolute Gasteiger partial charge is 0.261 e. The minimum atomic E-state index is -0.153. The Labute approximate surface area is 141 Å². The van der Waals surface area contributed by atoms with Gasteiger partial charge in [-0.3, -0.25) is 14.5 Å². The average molecular weight is 323 g/mol. The van der Waals surface area contributed by atoms with Gasteiger partial charge >= 0.3 is 0 Å². The highest BCUT2D eigenvalue weighted by Gasteiger charge is 2.34. The van der Waals surface area contributed by atoms with Crippen LogP contribution in [0.4, 0.5) is 0 Å². The van der Waals surface area contributed by atoms with Gasteiger partial charge < -0.3 is 0 Å². The highest BCUT2D eigenvalue weighted by atomic mass is 16.2. The summed E-state index contributed by atoms with van der Waals surface area (Å²) in [6.07, 6.45) is 9.54. The first-order valence-electron chi connectivity index (χ1n) is 8.47. The van der Waals surface area contributed by atoms with E-state index in [4.69, 9.17) is 0 Å². The van der Waals surface area contributed by atoms with E-state index in [0.717, 1.165) is 44.2 Å². The molecule has 0 radical (unpaired) electrons. The van der Waals surface area contributed by atoms with Gasteiger partial charge in [0.25, 0.3) is 11.8 Å². The number of fused-ring (bicyclic) bond motifs is 1. The second-order valence-electron chi connectivity index (χ2n) is 6.03. The Morgan fingerprint density at radius 3 is 2.17 bits per heavy atom. The molecular formula is C19H21N3O2. The van der Waals surface area contributed by atoms with Crippen molar-refractivity contribution in [3.63, 3.8) is 0 Å². The number of imide groups is 1. The Hall–Kier alpha value is -2.56. The zero-order valence-corrected chi connectivity index (χ0v) is 13.6. The summed E-state index contributed by atoms with van der Waals surface area (Å²) in [5.74, 6) is -0.307. The standard InChI is InChI=1S/C19H21N3O2/c23-18-16-9-5-6-10-17(16)19(24)22(18)13-7-3-1-2-4-8-15-11-12-20-14-21-15/h5-6,9-12,14H,1-4,7-8,13H2. The summed E-state index contributed by atoms with van der Waals surface area (Å²) in [6.45, 7) is 0.512. The topological polar surface area (TPSA) is 63.2 Å². The molecule has 1 aliphatic heterocycles. The molecule has 1 aromatic heterocycles. The van der Waals surface area contributed by atoms with Crippen LogP contribution < -0.4 is 0 Å². The van der Waals surface area contributed by atoms with Crippen LogP contribution in [0.15, 0.2) is 42.9 Å². The van der Waals surface area contributed by atoms with Gasteiger partial charge in [-0.1, -0.05) is 31.4 Å². The SMILES string of the molecule is O=C1c2ccccc2C(=O)N1CCCCCCCc1ccncn1. The first-order valence-corrected chi connectivity index (χ1v) is 8.47. The Kier molecular flexibility index (Phi) is 5.31. The summed E-state index contributed by atoms with van der Waals surface area (Å²) in [5.41, 5.74) is 2.15. The minimum absolute atomic E-state index is 0.153. The van der Waals surface area contributed by atoms with Gasteiger partial charge in [0.05, 0.1) is 11.1 Å². The molecule has 2 heterocycles. The van der Waals surface area contributed by atoms with E-state index in [-0.39, 0.29) is 11.8 Å². The van der Waals surface area contributed by atoms with Gasteiger partial charge in [-0.05, 0) is 37.5 Å². The molecular weight excluding hydrogens is 302 g/mol. The Bertz CT molecular complexity index is 681. The number of carbonyl (C=O) groups is 2. The number of hydrogen-bond acceptors (Lipinski definition) is 4. The summed E-state index contributed by atoms with van der Waals surface area (Å²) in [6, 6.07) is 8.99. The van der Waals surface area contributed by atoms with E-state index in [2.05, 4.69) is 9.97 Å². The molecule has 0 atom stereocenters. The summed E-state index contributed by atoms with van der Waals surface area (Å²) < 4.78 is 0. The lowest BCUT2D eigenvalue weighted by Gasteiger charge is -2.13. The van der Waals surface area contributed by atoms with Gasteiger partial charge in [0.2, 0.25) is 0 Å². The third-order valence-electron chi connectivity index (χ3n) is 4.34. The molecule has 0 spiro atoms. The van der Waals surface area contributed by atoms with Crippen molar-refractivity contribution < 1.29 is 9.59 Å². The Balaban J connectivity index is 1.34. The van der Waals surface area contributed by atoms with Crippen LogP contribution in [0.3, 0.4) is 0 Å². The molecule has 3 rings (SSSR count). The van der Waals surface area contributed by atoms with E-state index in [9.17, 15) is 9.59 Å². The van der Waals surface area contributed by atoms with Crippen molar-refractivity contribution in [2.75, 3.05) is 6.54 Å². The van der Waals surface area contributed by atoms with E-state index >= 15 is 0 Å². The molecule has 0 N–H and O–H groups in total. The molecule has 0 unspecified atom stereocenters. The van der Waals surface area contributed by atoms with Crippen LogP contribution in [-0.4, -0.2) is 33.2 Å². The summed E-state index contributed by atoms with van der Waals surface area (Å²) in [4.78, 5) is 33.9. The van der Waals surface area contributed by atoms with E-state index < -0.39 is 0 Å². The molecule has 24 heavy (non-hydrogen) atoms. The monoisotopic (exact) mass is 323 g/mol. The molecule has 5 nitrogen and oxygen atoms in total. The first-order chi connectivity index (χ1) is 11.8. The average Bonchev–Trinajstić information content (AvgIpc) is 2.87. The van der Waals surface area contributed by atoms with Gasteiger partial charge in [-0.15, -0.1) is 0 Å². The van der Waals surface area contributed by atoms with Crippen molar-refractivity contribution in [2.24, 2.45) is 0 Å². The van der Waals surface area contributed by atoms with Gasteiger partial charge in [0.1, 0.15) is 6.33 Å². The van der Waals surface area contributed by atoms with Crippen LogP contribution in [0.5, 0.6) is 0 Å². The fourth-order valence-corrected chi connectivity index (χ4v) is 3.01. The maximum Gasteiger partial charge on any atom is 0.261 e. The maximum absolute atomic E-state index is 12.2. The summed E-state index contributed by atoms with van der Waals surface area (Å²) in [7, 11) is 0. The highest BCUT2D eigenvalue weighted by molar-refractivity contribution is 6.21. The number of aryl methyl sites for hydroxylation is 1. The van der Waals surface area contributed by atoms with E-state index in [1.165, 1.54) is 4.90 Å². The molecule has 1 aliphatic rings. The molecule has 0 saturated carbocycles. The molecule has 2 aromatic rings. The van der Waals surface area contributed by atoms with E-state index in [0.29, 0.717) is 17.7 Å². The second kappa shape index (κ2) is 7.81.